The van der Waals surface area contributed by atoms with E-state index in [4.69, 9.17) is 10.7 Å². The molecular weight excluding hydrogens is 330 g/mol. The molecule has 1 fully saturated rings. The molecule has 1 amide bonds. The van der Waals surface area contributed by atoms with Gasteiger partial charge < -0.3 is 0 Å². The van der Waals surface area contributed by atoms with Crippen molar-refractivity contribution in [1.82, 2.24) is 10.2 Å². The van der Waals surface area contributed by atoms with Gasteiger partial charge >= 0.3 is 0 Å². The Morgan fingerprint density at radius 3 is 2.89 bits per heavy atom. The lowest BCUT2D eigenvalue weighted by Crippen LogP contribution is -2.25. The van der Waals surface area contributed by atoms with Gasteiger partial charge in [-0.25, -0.2) is 8.42 Å². The smallest absolute Gasteiger partial charge is 0.232 e. The van der Waals surface area contributed by atoms with Crippen LogP contribution < -0.4 is 4.90 Å². The van der Waals surface area contributed by atoms with Gasteiger partial charge in [0.25, 0.3) is 0 Å². The van der Waals surface area contributed by atoms with Gasteiger partial charge in [0.2, 0.25) is 20.1 Å². The second-order valence-corrected chi connectivity index (χ2v) is 9.35. The van der Waals surface area contributed by atoms with E-state index in [1.165, 1.54) is 16.2 Å². The molecule has 0 aliphatic carbocycles. The van der Waals surface area contributed by atoms with Crippen LogP contribution >= 0.6 is 33.8 Å². The fraction of sp³-hybridized carbons (Fsp3) is 0.667. The summed E-state index contributed by atoms with van der Waals surface area (Å²) in [5.74, 6) is 0.290. The molecular formula is C9H12ClN3O3S3. The molecule has 0 aromatic carbocycles. The molecule has 10 heteroatoms. The number of carbonyl (C=O) groups excluding carboxylic acids is 1. The van der Waals surface area contributed by atoms with Gasteiger partial charge in [0.15, 0.2) is 4.34 Å². The Morgan fingerprint density at radius 1 is 1.53 bits per heavy atom. The number of thioether (sulfide) groups is 1. The average molecular weight is 342 g/mol. The van der Waals surface area contributed by atoms with Crippen molar-refractivity contribution in [3.05, 3.63) is 0 Å². The van der Waals surface area contributed by atoms with E-state index in [1.54, 1.807) is 11.8 Å². The summed E-state index contributed by atoms with van der Waals surface area (Å²) in [4.78, 5) is 13.3. The number of hydrogen-bond donors (Lipinski definition) is 0. The molecule has 19 heavy (non-hydrogen) atoms. The molecule has 0 saturated carbocycles. The summed E-state index contributed by atoms with van der Waals surface area (Å²) < 4.78 is 22.9. The van der Waals surface area contributed by atoms with Crippen molar-refractivity contribution in [3.63, 3.8) is 0 Å². The number of amides is 1. The third-order valence-electron chi connectivity index (χ3n) is 2.53. The van der Waals surface area contributed by atoms with E-state index in [0.717, 1.165) is 10.1 Å². The Bertz CT molecular complexity index is 574. The predicted molar refractivity (Wildman–Crippen MR) is 76.4 cm³/mol. The van der Waals surface area contributed by atoms with Crippen LogP contribution in [0.3, 0.4) is 0 Å². The summed E-state index contributed by atoms with van der Waals surface area (Å²) in [5, 5.41) is 8.47. The van der Waals surface area contributed by atoms with Crippen molar-refractivity contribution in [3.8, 4) is 0 Å². The molecule has 1 atom stereocenters. The summed E-state index contributed by atoms with van der Waals surface area (Å²) in [6.45, 7) is 2.34. The van der Waals surface area contributed by atoms with Crippen LogP contribution in [0, 0.1) is 5.92 Å². The van der Waals surface area contributed by atoms with Crippen molar-refractivity contribution in [2.24, 2.45) is 5.92 Å². The van der Waals surface area contributed by atoms with Crippen LogP contribution in [0.1, 0.15) is 13.3 Å². The van der Waals surface area contributed by atoms with Gasteiger partial charge in [0.05, 0.1) is 5.75 Å². The first-order valence-corrected chi connectivity index (χ1v) is 9.86. The Labute approximate surface area is 124 Å². The zero-order valence-electron chi connectivity index (χ0n) is 10.1. The van der Waals surface area contributed by atoms with Crippen LogP contribution in [-0.4, -0.2) is 42.6 Å². The van der Waals surface area contributed by atoms with E-state index < -0.39 is 9.05 Å². The van der Waals surface area contributed by atoms with E-state index in [9.17, 15) is 13.2 Å². The molecule has 0 spiro atoms. The van der Waals surface area contributed by atoms with Gasteiger partial charge in [-0.15, -0.1) is 10.2 Å². The predicted octanol–water partition coefficient (Wildman–Crippen LogP) is 1.57. The number of nitrogens with zero attached hydrogens (tertiary/aromatic N) is 3. The molecule has 2 rings (SSSR count). The highest BCUT2D eigenvalue weighted by molar-refractivity contribution is 8.13. The highest BCUT2D eigenvalue weighted by atomic mass is 35.7. The van der Waals surface area contributed by atoms with Crippen LogP contribution in [-0.2, 0) is 13.8 Å². The fourth-order valence-corrected chi connectivity index (χ4v) is 4.94. The van der Waals surface area contributed by atoms with E-state index in [1.807, 2.05) is 6.92 Å². The van der Waals surface area contributed by atoms with Crippen molar-refractivity contribution in [1.29, 1.82) is 0 Å². The van der Waals surface area contributed by atoms with Crippen molar-refractivity contribution in [2.45, 2.75) is 17.7 Å². The third-order valence-corrected chi connectivity index (χ3v) is 5.74. The summed E-state index contributed by atoms with van der Waals surface area (Å²) in [6.07, 6.45) is 0.182. The van der Waals surface area contributed by atoms with Crippen LogP contribution in [0.25, 0.3) is 0 Å². The largest absolute Gasteiger partial charge is 0.286 e. The van der Waals surface area contributed by atoms with E-state index >= 15 is 0 Å². The lowest BCUT2D eigenvalue weighted by atomic mass is 10.1. The van der Waals surface area contributed by atoms with Crippen LogP contribution in [0.15, 0.2) is 4.34 Å². The van der Waals surface area contributed by atoms with Gasteiger partial charge in [-0.3, -0.25) is 9.69 Å². The molecule has 106 valence electrons. The second kappa shape index (κ2) is 5.94. The number of hydrogen-bond acceptors (Lipinski definition) is 7. The van der Waals surface area contributed by atoms with E-state index in [2.05, 4.69) is 10.2 Å². The zero-order chi connectivity index (χ0) is 14.0. The lowest BCUT2D eigenvalue weighted by molar-refractivity contribution is -0.117. The number of anilines is 1. The Morgan fingerprint density at radius 2 is 2.26 bits per heavy atom. The summed E-state index contributed by atoms with van der Waals surface area (Å²) in [7, 11) is 1.63. The second-order valence-electron chi connectivity index (χ2n) is 4.06. The average Bonchev–Trinajstić information content (AvgIpc) is 2.84. The maximum atomic E-state index is 11.9. The molecule has 1 unspecified atom stereocenters. The maximum Gasteiger partial charge on any atom is 0.232 e. The number of aromatic nitrogens is 2. The van der Waals surface area contributed by atoms with Crippen molar-refractivity contribution in [2.75, 3.05) is 23.0 Å². The Balaban J connectivity index is 2.06. The molecule has 1 aliphatic rings. The molecule has 6 nitrogen and oxygen atoms in total. The lowest BCUT2D eigenvalue weighted by Gasteiger charge is -2.11. The van der Waals surface area contributed by atoms with Gasteiger partial charge in [0, 0.05) is 29.6 Å². The monoisotopic (exact) mass is 341 g/mol. The maximum absolute atomic E-state index is 11.9. The van der Waals surface area contributed by atoms with Crippen LogP contribution in [0.2, 0.25) is 0 Å². The van der Waals surface area contributed by atoms with E-state index in [0.29, 0.717) is 11.7 Å². The van der Waals surface area contributed by atoms with Gasteiger partial charge in [-0.05, 0) is 5.75 Å². The van der Waals surface area contributed by atoms with Gasteiger partial charge in [0.1, 0.15) is 0 Å². The summed E-state index contributed by atoms with van der Waals surface area (Å²) >= 11 is 2.90. The molecule has 0 radical (unpaired) electrons. The highest BCUT2D eigenvalue weighted by Crippen LogP contribution is 2.32. The highest BCUT2D eigenvalue weighted by Gasteiger charge is 2.34. The quantitative estimate of drug-likeness (QED) is 0.459. The first kappa shape index (κ1) is 15.0. The SMILES string of the molecule is CCSc1nnc(N2CC(CS(=O)(=O)Cl)CC2=O)s1. The van der Waals surface area contributed by atoms with Crippen LogP contribution in [0.4, 0.5) is 5.13 Å². The van der Waals surface area contributed by atoms with Crippen LogP contribution in [0.5, 0.6) is 0 Å². The Hall–Kier alpha value is -0.380. The van der Waals surface area contributed by atoms with Crippen molar-refractivity contribution >= 4 is 53.9 Å². The number of halogens is 1. The first-order valence-electron chi connectivity index (χ1n) is 5.58. The standard InChI is InChI=1S/C9H12ClN3O3S3/c1-2-17-9-12-11-8(18-9)13-4-6(3-7(13)14)5-19(10,15)16/h6H,2-5H2,1H3. The Kier molecular flexibility index (Phi) is 4.70. The fourth-order valence-electron chi connectivity index (χ4n) is 1.85. The minimum absolute atomic E-state index is 0.130. The third kappa shape index (κ3) is 4.04. The van der Waals surface area contributed by atoms with Gasteiger partial charge in [-0.2, -0.15) is 0 Å². The minimum Gasteiger partial charge on any atom is -0.286 e. The van der Waals surface area contributed by atoms with Gasteiger partial charge in [-0.1, -0.05) is 30.0 Å². The summed E-state index contributed by atoms with van der Waals surface area (Å²) in [6, 6.07) is 0. The minimum atomic E-state index is -3.58. The molecule has 1 aromatic heterocycles. The number of rotatable bonds is 5. The molecule has 1 aliphatic heterocycles. The topological polar surface area (TPSA) is 80.2 Å². The zero-order valence-corrected chi connectivity index (χ0v) is 13.3. The molecule has 0 bridgehead atoms. The normalized spacial score (nSPS) is 20.2. The summed E-state index contributed by atoms with van der Waals surface area (Å²) in [5.41, 5.74) is 0. The molecule has 1 aromatic rings. The first-order chi connectivity index (χ1) is 8.89. The molecule has 2 heterocycles. The molecule has 1 saturated heterocycles. The van der Waals surface area contributed by atoms with E-state index in [-0.39, 0.29) is 24.0 Å². The van der Waals surface area contributed by atoms with Crippen molar-refractivity contribution < 1.29 is 13.2 Å². The molecule has 0 N–H and O–H groups in total. The number of carbonyl (C=O) groups is 1.